The van der Waals surface area contributed by atoms with Crippen molar-refractivity contribution in [3.63, 3.8) is 0 Å². The minimum absolute atomic E-state index is 0.138. The molecule has 0 amide bonds. The molecule has 1 aliphatic rings. The second kappa shape index (κ2) is 4.77. The van der Waals surface area contributed by atoms with Crippen LogP contribution >= 0.6 is 15.9 Å². The summed E-state index contributed by atoms with van der Waals surface area (Å²) in [6.07, 6.45) is -3.93. The molecule has 0 aliphatic carbocycles. The number of hydrogen-bond donors (Lipinski definition) is 4. The Morgan fingerprint density at radius 3 is 2.95 bits per heavy atom. The van der Waals surface area contributed by atoms with Crippen LogP contribution in [0.2, 0.25) is 0 Å². The van der Waals surface area contributed by atoms with Gasteiger partial charge in [-0.2, -0.15) is 0 Å². The molecule has 2 aromatic heterocycles. The van der Waals surface area contributed by atoms with Crippen molar-refractivity contribution in [3.8, 4) is 0 Å². The Balaban J connectivity index is 2.15. The van der Waals surface area contributed by atoms with E-state index in [1.54, 1.807) is 0 Å². The van der Waals surface area contributed by atoms with E-state index in [4.69, 9.17) is 15.6 Å². The topological polar surface area (TPSA) is 126 Å². The smallest absolute Gasteiger partial charge is 0.276 e. The predicted molar refractivity (Wildman–Crippen MR) is 73.7 cm³/mol. The van der Waals surface area contributed by atoms with Gasteiger partial charge in [0, 0.05) is 0 Å². The fourth-order valence-corrected chi connectivity index (χ4v) is 3.03. The van der Waals surface area contributed by atoms with Crippen molar-refractivity contribution in [2.75, 3.05) is 12.3 Å². The van der Waals surface area contributed by atoms with Gasteiger partial charge in [0.25, 0.3) is 5.56 Å². The summed E-state index contributed by atoms with van der Waals surface area (Å²) >= 11 is 2.79. The first-order chi connectivity index (χ1) is 9.86. The lowest BCUT2D eigenvalue weighted by Crippen LogP contribution is -2.37. The quantitative estimate of drug-likeness (QED) is 0.531. The van der Waals surface area contributed by atoms with Crippen molar-refractivity contribution in [2.24, 2.45) is 0 Å². The normalized spacial score (nSPS) is 32.9. The molecule has 10 heteroatoms. The highest BCUT2D eigenvalue weighted by Crippen LogP contribution is 2.48. The summed E-state index contributed by atoms with van der Waals surface area (Å²) in [4.78, 5) is 14.1. The number of aliphatic hydroxyl groups is 2. The first-order valence-electron chi connectivity index (χ1n) is 6.06. The lowest BCUT2D eigenvalue weighted by atomic mass is 10.1. The van der Waals surface area contributed by atoms with Crippen LogP contribution in [0, 0.1) is 0 Å². The van der Waals surface area contributed by atoms with Crippen LogP contribution in [0.4, 0.5) is 10.3 Å². The number of nitrogens with two attached hydrogens (primary N) is 1. The lowest BCUT2D eigenvalue weighted by Gasteiger charge is -2.21. The van der Waals surface area contributed by atoms with E-state index in [0.717, 1.165) is 4.52 Å². The molecule has 1 aliphatic heterocycles. The van der Waals surface area contributed by atoms with Gasteiger partial charge in [-0.1, -0.05) is 0 Å². The van der Waals surface area contributed by atoms with Crippen molar-refractivity contribution in [1.82, 2.24) is 14.6 Å². The van der Waals surface area contributed by atoms with E-state index in [0.29, 0.717) is 0 Å². The molecule has 0 saturated carbocycles. The number of halogens is 2. The van der Waals surface area contributed by atoms with Gasteiger partial charge in [0.2, 0.25) is 10.5 Å². The monoisotopic (exact) mass is 362 g/mol. The van der Waals surface area contributed by atoms with E-state index >= 15 is 0 Å². The largest absolute Gasteiger partial charge is 0.394 e. The molecule has 2 aromatic rings. The van der Waals surface area contributed by atoms with E-state index in [1.165, 1.54) is 12.1 Å². The number of nitrogen functional groups attached to an aromatic ring is 1. The van der Waals surface area contributed by atoms with Gasteiger partial charge in [-0.25, -0.2) is 8.91 Å². The van der Waals surface area contributed by atoms with E-state index in [-0.39, 0.29) is 17.2 Å². The van der Waals surface area contributed by atoms with E-state index in [9.17, 15) is 14.3 Å². The number of aliphatic hydroxyl groups excluding tert-OH is 2. The van der Waals surface area contributed by atoms with Crippen molar-refractivity contribution < 1.29 is 19.3 Å². The first kappa shape index (κ1) is 14.4. The number of nitrogens with zero attached hydrogens (tertiary/aromatic N) is 2. The second-order valence-corrected chi connectivity index (χ2v) is 5.97. The van der Waals surface area contributed by atoms with Gasteiger partial charge in [0.15, 0.2) is 0 Å². The molecule has 0 aromatic carbocycles. The number of hydrogen-bond acceptors (Lipinski definition) is 6. The highest BCUT2D eigenvalue weighted by molar-refractivity contribution is 9.10. The van der Waals surface area contributed by atoms with E-state index in [1.807, 2.05) is 0 Å². The Bertz CT molecular complexity index is 745. The van der Waals surface area contributed by atoms with Crippen LogP contribution in [0.25, 0.3) is 5.52 Å². The molecular formula is C11H12BrFN4O4. The Hall–Kier alpha value is -1.49. The zero-order valence-corrected chi connectivity index (χ0v) is 12.1. The molecule has 0 spiro atoms. The molecule has 114 valence electrons. The van der Waals surface area contributed by atoms with Crippen molar-refractivity contribution in [1.29, 1.82) is 0 Å². The molecule has 4 atom stereocenters. The van der Waals surface area contributed by atoms with Crippen LogP contribution in [0.3, 0.4) is 0 Å². The number of rotatable bonds is 2. The van der Waals surface area contributed by atoms with Gasteiger partial charge in [0.1, 0.15) is 23.8 Å². The second-order valence-electron chi connectivity index (χ2n) is 4.75. The van der Waals surface area contributed by atoms with Crippen LogP contribution in [0.1, 0.15) is 11.8 Å². The van der Waals surface area contributed by atoms with Crippen LogP contribution in [-0.2, 0) is 4.74 Å². The van der Waals surface area contributed by atoms with E-state index in [2.05, 4.69) is 26.0 Å². The Kier molecular flexibility index (Phi) is 3.28. The van der Waals surface area contributed by atoms with Gasteiger partial charge in [-0.05, 0) is 28.1 Å². The summed E-state index contributed by atoms with van der Waals surface area (Å²) in [6, 6.07) is 2.88. The average Bonchev–Trinajstić information content (AvgIpc) is 2.91. The minimum atomic E-state index is -2.33. The number of fused-ring (bicyclic) bond motifs is 1. The summed E-state index contributed by atoms with van der Waals surface area (Å²) in [7, 11) is 0. The molecule has 0 radical (unpaired) electrons. The zero-order chi connectivity index (χ0) is 15.4. The maximum Gasteiger partial charge on any atom is 0.276 e. The average molecular weight is 363 g/mol. The molecule has 1 fully saturated rings. The number of alkyl halides is 2. The number of ether oxygens (including phenoxy) is 1. The van der Waals surface area contributed by atoms with Crippen LogP contribution in [-0.4, -0.2) is 48.2 Å². The van der Waals surface area contributed by atoms with Gasteiger partial charge in [0.05, 0.1) is 12.3 Å². The molecule has 2 unspecified atom stereocenters. The molecule has 21 heavy (non-hydrogen) atoms. The summed E-state index contributed by atoms with van der Waals surface area (Å²) in [5.74, 6) is -0.138. The highest BCUT2D eigenvalue weighted by atomic mass is 79.9. The summed E-state index contributed by atoms with van der Waals surface area (Å²) in [5, 5.41) is 22.9. The summed E-state index contributed by atoms with van der Waals surface area (Å²) < 4.78 is 18.8. The van der Waals surface area contributed by atoms with Gasteiger partial charge in [-0.3, -0.25) is 9.78 Å². The van der Waals surface area contributed by atoms with E-state index < -0.39 is 35.1 Å². The SMILES string of the molecule is Nc1nn2c([C@@H]3O[C@H](CO)C(O)C3(F)Br)ccc2c(=O)[nH]1. The molecule has 8 nitrogen and oxygen atoms in total. The van der Waals surface area contributed by atoms with Gasteiger partial charge >= 0.3 is 0 Å². The zero-order valence-electron chi connectivity index (χ0n) is 10.5. The Morgan fingerprint density at radius 1 is 1.62 bits per heavy atom. The summed E-state index contributed by atoms with van der Waals surface area (Å²) in [6.45, 7) is -0.547. The summed E-state index contributed by atoms with van der Waals surface area (Å²) in [5.41, 5.74) is 5.35. The molecule has 3 heterocycles. The highest BCUT2D eigenvalue weighted by Gasteiger charge is 2.57. The number of aromatic amines is 1. The van der Waals surface area contributed by atoms with Crippen LogP contribution < -0.4 is 11.3 Å². The molecule has 1 saturated heterocycles. The third-order valence-corrected chi connectivity index (χ3v) is 4.31. The number of aromatic nitrogens is 3. The third-order valence-electron chi connectivity index (χ3n) is 3.42. The Labute approximate surface area is 125 Å². The van der Waals surface area contributed by atoms with Crippen LogP contribution in [0.15, 0.2) is 16.9 Å². The predicted octanol–water partition coefficient (Wildman–Crippen LogP) is -0.541. The molecule has 3 rings (SSSR count). The van der Waals surface area contributed by atoms with Gasteiger partial charge < -0.3 is 20.7 Å². The molecular weight excluding hydrogens is 351 g/mol. The molecule has 0 bridgehead atoms. The first-order valence-corrected chi connectivity index (χ1v) is 6.85. The fraction of sp³-hybridized carbons (Fsp3) is 0.455. The minimum Gasteiger partial charge on any atom is -0.394 e. The molecule has 5 N–H and O–H groups in total. The maximum absolute atomic E-state index is 14.7. The fourth-order valence-electron chi connectivity index (χ4n) is 2.39. The van der Waals surface area contributed by atoms with Gasteiger partial charge in [-0.15, -0.1) is 5.10 Å². The Morgan fingerprint density at radius 2 is 2.33 bits per heavy atom. The van der Waals surface area contributed by atoms with Crippen molar-refractivity contribution in [2.45, 2.75) is 22.9 Å². The van der Waals surface area contributed by atoms with Crippen molar-refractivity contribution in [3.05, 3.63) is 28.2 Å². The number of nitrogens with one attached hydrogen (secondary N) is 1. The number of H-pyrrole nitrogens is 1. The maximum atomic E-state index is 14.7. The van der Waals surface area contributed by atoms with Crippen molar-refractivity contribution >= 4 is 27.4 Å². The lowest BCUT2D eigenvalue weighted by molar-refractivity contribution is -0.0241. The number of anilines is 1. The third kappa shape index (κ3) is 2.06. The van der Waals surface area contributed by atoms with Crippen LogP contribution in [0.5, 0.6) is 0 Å². The standard InChI is InChI=1S/C11H12BrFN4O4/c12-11(13)7(19)6(3-18)21-8(11)4-1-2-5-9(20)15-10(14)16-17(4)5/h1-2,6-8,18-19H,3H2,(H3,14,15,16,20)/t6-,7?,8+,11?/m1/s1.